The maximum Gasteiger partial charge on any atom is 0.0792 e. The Bertz CT molecular complexity index is 190. The molecule has 0 aromatic heterocycles. The van der Waals surface area contributed by atoms with Gasteiger partial charge in [-0.2, -0.15) is 0 Å². The number of unbranched alkanes of at least 4 members (excludes halogenated alkanes) is 9. The molecule has 0 unspecified atom stereocenters. The third-order valence-electron chi connectivity index (χ3n) is 3.89. The van der Waals surface area contributed by atoms with Crippen LogP contribution in [0.1, 0.15) is 77.6 Å². The van der Waals surface area contributed by atoms with E-state index in [0.29, 0.717) is 0 Å². The van der Waals surface area contributed by atoms with Crippen LogP contribution in [0.5, 0.6) is 0 Å². The highest BCUT2D eigenvalue weighted by Crippen LogP contribution is 2.10. The first-order chi connectivity index (χ1) is 9.56. The molecule has 0 aromatic rings. The predicted octanol–water partition coefficient (Wildman–Crippen LogP) is 1.60. The van der Waals surface area contributed by atoms with Crippen LogP contribution in [0.25, 0.3) is 0 Å². The van der Waals surface area contributed by atoms with Crippen LogP contribution >= 0.6 is 0 Å². The molecule has 3 heteroatoms. The van der Waals surface area contributed by atoms with Gasteiger partial charge in [0.15, 0.2) is 0 Å². The molecule has 2 nitrogen and oxygen atoms in total. The first kappa shape index (κ1) is 23.7. The summed E-state index contributed by atoms with van der Waals surface area (Å²) in [5, 5.41) is 3.57. The third kappa shape index (κ3) is 22.8. The van der Waals surface area contributed by atoms with Crippen LogP contribution in [-0.4, -0.2) is 45.3 Å². The van der Waals surface area contributed by atoms with Crippen LogP contribution in [0.4, 0.5) is 0 Å². The summed E-state index contributed by atoms with van der Waals surface area (Å²) in [6.45, 7) is 5.96. The second kappa shape index (κ2) is 16.8. The minimum Gasteiger partial charge on any atom is -1.00 e. The minimum absolute atomic E-state index is 0. The van der Waals surface area contributed by atoms with Crippen molar-refractivity contribution in [1.29, 1.82) is 0 Å². The maximum atomic E-state index is 3.57. The van der Waals surface area contributed by atoms with Crippen molar-refractivity contribution in [2.45, 2.75) is 77.6 Å². The van der Waals surface area contributed by atoms with Gasteiger partial charge in [-0.1, -0.05) is 64.7 Å². The van der Waals surface area contributed by atoms with Crippen LogP contribution in [0.15, 0.2) is 0 Å². The standard InChI is InChI=1S/C18H41N2.BrH/c1-5-6-7-8-9-10-11-12-13-14-16-19-17-15-18-20(2,3)4;/h19H,5-18H2,1-4H3;1H/q+1;/p-1. The Balaban J connectivity index is 0. The van der Waals surface area contributed by atoms with Crippen molar-refractivity contribution in [1.82, 2.24) is 5.32 Å². The van der Waals surface area contributed by atoms with Gasteiger partial charge in [0.1, 0.15) is 0 Å². The summed E-state index contributed by atoms with van der Waals surface area (Å²) in [5.41, 5.74) is 0. The zero-order valence-electron chi connectivity index (χ0n) is 15.2. The Labute approximate surface area is 145 Å². The molecule has 0 aliphatic carbocycles. The topological polar surface area (TPSA) is 12.0 Å². The molecule has 0 spiro atoms. The molecule has 1 N–H and O–H groups in total. The number of nitrogens with one attached hydrogen (secondary N) is 1. The van der Waals surface area contributed by atoms with Gasteiger partial charge in [0.25, 0.3) is 0 Å². The normalized spacial score (nSPS) is 11.4. The largest absolute Gasteiger partial charge is 1.00 e. The van der Waals surface area contributed by atoms with Crippen molar-refractivity contribution < 1.29 is 21.5 Å². The number of hydrogen-bond acceptors (Lipinski definition) is 1. The van der Waals surface area contributed by atoms with Crippen molar-refractivity contribution in [2.75, 3.05) is 40.8 Å². The van der Waals surface area contributed by atoms with E-state index in [1.54, 1.807) is 0 Å². The summed E-state index contributed by atoms with van der Waals surface area (Å²) in [6.07, 6.45) is 15.6. The number of hydrogen-bond donors (Lipinski definition) is 1. The van der Waals surface area contributed by atoms with E-state index in [9.17, 15) is 0 Å². The highest BCUT2D eigenvalue weighted by atomic mass is 79.9. The molecule has 0 radical (unpaired) electrons. The Morgan fingerprint density at radius 1 is 0.619 bits per heavy atom. The van der Waals surface area contributed by atoms with Gasteiger partial charge in [-0.05, 0) is 13.0 Å². The fourth-order valence-electron chi connectivity index (χ4n) is 2.54. The van der Waals surface area contributed by atoms with Gasteiger partial charge in [0, 0.05) is 13.0 Å². The molecular weight excluding hydrogens is 324 g/mol. The number of nitrogens with zero attached hydrogens (tertiary/aromatic N) is 1. The maximum absolute atomic E-state index is 3.57. The van der Waals surface area contributed by atoms with Crippen molar-refractivity contribution in [3.05, 3.63) is 0 Å². The molecule has 130 valence electrons. The lowest BCUT2D eigenvalue weighted by molar-refractivity contribution is -0.870. The van der Waals surface area contributed by atoms with E-state index >= 15 is 0 Å². The van der Waals surface area contributed by atoms with Crippen molar-refractivity contribution >= 4 is 0 Å². The Kier molecular flexibility index (Phi) is 18.9. The van der Waals surface area contributed by atoms with E-state index in [1.807, 2.05) is 0 Å². The zero-order valence-corrected chi connectivity index (χ0v) is 16.8. The van der Waals surface area contributed by atoms with Crippen LogP contribution in [0, 0.1) is 0 Å². The van der Waals surface area contributed by atoms with Gasteiger partial charge in [-0.15, -0.1) is 0 Å². The lowest BCUT2D eigenvalue weighted by Gasteiger charge is -2.23. The number of quaternary nitrogens is 1. The molecule has 0 fully saturated rings. The molecule has 0 amide bonds. The molecule has 0 saturated carbocycles. The zero-order chi connectivity index (χ0) is 15.1. The van der Waals surface area contributed by atoms with Crippen LogP contribution in [0.2, 0.25) is 0 Å². The fourth-order valence-corrected chi connectivity index (χ4v) is 2.54. The number of halogens is 1. The monoisotopic (exact) mass is 364 g/mol. The van der Waals surface area contributed by atoms with E-state index in [1.165, 1.54) is 90.3 Å². The fraction of sp³-hybridized carbons (Fsp3) is 1.00. The highest BCUT2D eigenvalue weighted by molar-refractivity contribution is 4.51. The summed E-state index contributed by atoms with van der Waals surface area (Å²) < 4.78 is 1.08. The SMILES string of the molecule is CCCCCCCCCCCCNCCC[N+](C)(C)C.[Br-]. The first-order valence-corrected chi connectivity index (χ1v) is 9.07. The number of rotatable bonds is 15. The van der Waals surface area contributed by atoms with Crippen LogP contribution in [0.3, 0.4) is 0 Å². The Morgan fingerprint density at radius 3 is 1.52 bits per heavy atom. The second-order valence-electron chi connectivity index (χ2n) is 7.30. The van der Waals surface area contributed by atoms with Crippen LogP contribution < -0.4 is 22.3 Å². The summed E-state index contributed by atoms with van der Waals surface area (Å²) >= 11 is 0. The quantitative estimate of drug-likeness (QED) is 0.343. The molecule has 0 atom stereocenters. The van der Waals surface area contributed by atoms with Gasteiger partial charge in [-0.3, -0.25) is 0 Å². The lowest BCUT2D eigenvalue weighted by atomic mass is 10.1. The van der Waals surface area contributed by atoms with Crippen molar-refractivity contribution in [3.8, 4) is 0 Å². The minimum atomic E-state index is 0. The average molecular weight is 365 g/mol. The smallest absolute Gasteiger partial charge is 0.0792 e. The van der Waals surface area contributed by atoms with E-state index in [2.05, 4.69) is 33.4 Å². The van der Waals surface area contributed by atoms with E-state index in [4.69, 9.17) is 0 Å². The molecule has 0 bridgehead atoms. The Morgan fingerprint density at radius 2 is 1.05 bits per heavy atom. The summed E-state index contributed by atoms with van der Waals surface area (Å²) in [7, 11) is 6.80. The summed E-state index contributed by atoms with van der Waals surface area (Å²) in [4.78, 5) is 0. The van der Waals surface area contributed by atoms with Gasteiger partial charge in [0.2, 0.25) is 0 Å². The third-order valence-corrected chi connectivity index (χ3v) is 3.89. The van der Waals surface area contributed by atoms with E-state index < -0.39 is 0 Å². The molecular formula is C18H41BrN2. The molecule has 0 rings (SSSR count). The molecule has 0 aromatic carbocycles. The van der Waals surface area contributed by atoms with Gasteiger partial charge in [0.05, 0.1) is 27.7 Å². The van der Waals surface area contributed by atoms with Gasteiger partial charge >= 0.3 is 0 Å². The summed E-state index contributed by atoms with van der Waals surface area (Å²) in [5.74, 6) is 0. The van der Waals surface area contributed by atoms with E-state index in [-0.39, 0.29) is 17.0 Å². The summed E-state index contributed by atoms with van der Waals surface area (Å²) in [6, 6.07) is 0. The molecule has 0 heterocycles. The molecule has 0 aliphatic rings. The van der Waals surface area contributed by atoms with Crippen molar-refractivity contribution in [3.63, 3.8) is 0 Å². The highest BCUT2D eigenvalue weighted by Gasteiger charge is 2.04. The Hall–Kier alpha value is 0.400. The van der Waals surface area contributed by atoms with E-state index in [0.717, 1.165) is 4.48 Å². The molecule has 0 saturated heterocycles. The average Bonchev–Trinajstić information content (AvgIpc) is 2.38. The van der Waals surface area contributed by atoms with Gasteiger partial charge in [-0.25, -0.2) is 0 Å². The lowest BCUT2D eigenvalue weighted by Crippen LogP contribution is -3.00. The second-order valence-corrected chi connectivity index (χ2v) is 7.30. The molecule has 0 aliphatic heterocycles. The van der Waals surface area contributed by atoms with Gasteiger partial charge < -0.3 is 26.8 Å². The van der Waals surface area contributed by atoms with Crippen LogP contribution in [-0.2, 0) is 0 Å². The van der Waals surface area contributed by atoms with Crippen molar-refractivity contribution in [2.24, 2.45) is 0 Å². The predicted molar refractivity (Wildman–Crippen MR) is 92.2 cm³/mol. The molecule has 21 heavy (non-hydrogen) atoms. The first-order valence-electron chi connectivity index (χ1n) is 9.07.